The lowest BCUT2D eigenvalue weighted by Crippen LogP contribution is -2.57. The van der Waals surface area contributed by atoms with Crippen LogP contribution in [0.1, 0.15) is 69.7 Å². The summed E-state index contributed by atoms with van der Waals surface area (Å²) in [6.07, 6.45) is -6.07. The monoisotopic (exact) mass is 354 g/mol. The van der Waals surface area contributed by atoms with Crippen LogP contribution >= 0.6 is 0 Å². The van der Waals surface area contributed by atoms with E-state index < -0.39 is 77.5 Å². The standard InChI is InChI=1S/C21H30O4/c1-20-8-7-13(23)9-12(20)3-4-14-15-5-6-16(18(25)11-22)21(15,2)10-17(24)19(14)20/h9,14-17,19,22,24H,3-8,10-11H2,1-2H3/i3D2,7D2,9D,11D2,16D. The Kier molecular flexibility index (Phi) is 2.38. The summed E-state index contributed by atoms with van der Waals surface area (Å²) in [5.41, 5.74) is -2.64. The molecule has 4 rings (SSSR count). The molecule has 3 saturated carbocycles. The normalized spacial score (nSPS) is 61.7. The van der Waals surface area contributed by atoms with Gasteiger partial charge in [-0.1, -0.05) is 19.4 Å². The molecule has 0 spiro atoms. The van der Waals surface area contributed by atoms with E-state index in [0.717, 1.165) is 0 Å². The quantitative estimate of drug-likeness (QED) is 0.799. The Morgan fingerprint density at radius 3 is 2.92 bits per heavy atom. The lowest BCUT2D eigenvalue weighted by Gasteiger charge is -2.59. The summed E-state index contributed by atoms with van der Waals surface area (Å²) in [6, 6.07) is -0.678. The van der Waals surface area contributed by atoms with Crippen LogP contribution in [0.15, 0.2) is 11.6 Å². The number of carbonyl (C=O) groups excluding carboxylic acids is 2. The van der Waals surface area contributed by atoms with Crippen LogP contribution in [0, 0.1) is 34.5 Å². The lowest BCUT2D eigenvalue weighted by atomic mass is 9.46. The summed E-state index contributed by atoms with van der Waals surface area (Å²) >= 11 is 0. The average molecular weight is 355 g/mol. The number of aliphatic hydroxyl groups is 2. The van der Waals surface area contributed by atoms with Gasteiger partial charge in [-0.2, -0.15) is 0 Å². The molecule has 0 saturated heterocycles. The smallest absolute Gasteiger partial charge is 0.161 e. The van der Waals surface area contributed by atoms with E-state index in [9.17, 15) is 19.8 Å². The van der Waals surface area contributed by atoms with Crippen LogP contribution in [0.25, 0.3) is 0 Å². The molecule has 2 N–H and O–H groups in total. The molecule has 4 heteroatoms. The average Bonchev–Trinajstić information content (AvgIpc) is 2.88. The van der Waals surface area contributed by atoms with Gasteiger partial charge < -0.3 is 10.2 Å². The van der Waals surface area contributed by atoms with Crippen LogP contribution in [0.5, 0.6) is 0 Å². The van der Waals surface area contributed by atoms with Gasteiger partial charge in [0.1, 0.15) is 6.56 Å². The highest BCUT2D eigenvalue weighted by Gasteiger charge is 2.62. The molecule has 0 heterocycles. The van der Waals surface area contributed by atoms with Crippen LogP contribution < -0.4 is 0 Å². The molecule has 138 valence electrons. The van der Waals surface area contributed by atoms with Gasteiger partial charge >= 0.3 is 0 Å². The summed E-state index contributed by atoms with van der Waals surface area (Å²) < 4.78 is 66.0. The molecule has 0 radical (unpaired) electrons. The molecule has 25 heavy (non-hydrogen) atoms. The van der Waals surface area contributed by atoms with E-state index in [1.54, 1.807) is 13.8 Å². The predicted molar refractivity (Wildman–Crippen MR) is 93.7 cm³/mol. The maximum absolute atomic E-state index is 12.8. The van der Waals surface area contributed by atoms with Gasteiger partial charge in [0.05, 0.1) is 10.2 Å². The van der Waals surface area contributed by atoms with Crippen molar-refractivity contribution in [2.24, 2.45) is 34.5 Å². The van der Waals surface area contributed by atoms with E-state index in [1.807, 2.05) is 0 Å². The van der Waals surface area contributed by atoms with Gasteiger partial charge in [-0.3, -0.25) is 9.59 Å². The molecule has 4 nitrogen and oxygen atoms in total. The maximum Gasteiger partial charge on any atom is 0.161 e. The number of rotatable bonds is 2. The molecule has 0 aromatic rings. The number of aliphatic hydroxyl groups excluding tert-OH is 1. The number of allylic oxidation sites excluding steroid dienone is 1. The predicted octanol–water partition coefficient (Wildman–Crippen LogP) is 2.67. The highest BCUT2D eigenvalue weighted by molar-refractivity contribution is 5.91. The maximum atomic E-state index is 12.8. The SMILES string of the molecule is [2H]C1=C2C([2H])([2H])CC3C(C(O)CC4(C)C3CCC4([2H])C(=O)C([2H])([2H])O)C2(C)CC([2H])([2H])C1=O. The minimum absolute atomic E-state index is 0.0472. The van der Waals surface area contributed by atoms with E-state index in [2.05, 4.69) is 0 Å². The molecule has 0 aromatic heterocycles. The van der Waals surface area contributed by atoms with Crippen molar-refractivity contribution in [1.82, 2.24) is 0 Å². The molecule has 4 aliphatic rings. The first-order valence-corrected chi connectivity index (χ1v) is 8.96. The van der Waals surface area contributed by atoms with Gasteiger partial charge in [0.15, 0.2) is 11.6 Å². The second kappa shape index (κ2) is 5.75. The Hall–Kier alpha value is -1.00. The first kappa shape index (κ1) is 10.4. The Balaban J connectivity index is 1.86. The topological polar surface area (TPSA) is 74.6 Å². The van der Waals surface area contributed by atoms with Crippen LogP contribution in [-0.2, 0) is 9.59 Å². The number of Topliss-reactive ketones (excluding diaryl/α,β-unsaturated/α-hetero) is 1. The lowest BCUT2D eigenvalue weighted by molar-refractivity contribution is -0.146. The van der Waals surface area contributed by atoms with Crippen LogP contribution in [0.3, 0.4) is 0 Å². The summed E-state index contributed by atoms with van der Waals surface area (Å²) in [7, 11) is 0. The van der Waals surface area contributed by atoms with Gasteiger partial charge in [0.2, 0.25) is 0 Å². The zero-order chi connectivity index (χ0) is 25.2. The molecule has 4 aliphatic carbocycles. The van der Waals surface area contributed by atoms with Crippen molar-refractivity contribution in [3.63, 3.8) is 0 Å². The third-order valence-corrected chi connectivity index (χ3v) is 7.29. The molecular formula is C21H30O4. The van der Waals surface area contributed by atoms with Gasteiger partial charge in [-0.05, 0) is 73.1 Å². The van der Waals surface area contributed by atoms with Crippen molar-refractivity contribution >= 4 is 11.6 Å². The minimum Gasteiger partial charge on any atom is -0.393 e. The van der Waals surface area contributed by atoms with Gasteiger partial charge in [-0.15, -0.1) is 0 Å². The Labute approximate surface area is 160 Å². The van der Waals surface area contributed by atoms with Crippen LogP contribution in [-0.4, -0.2) is 34.4 Å². The fourth-order valence-electron chi connectivity index (χ4n) is 6.20. The van der Waals surface area contributed by atoms with Crippen LogP contribution in [0.4, 0.5) is 0 Å². The van der Waals surface area contributed by atoms with Crippen molar-refractivity contribution in [1.29, 1.82) is 0 Å². The number of carbonyl (C=O) groups is 2. The van der Waals surface area contributed by atoms with E-state index in [4.69, 9.17) is 11.0 Å². The first-order chi connectivity index (χ1) is 14.7. The Bertz CT molecular complexity index is 958. The van der Waals surface area contributed by atoms with Crippen molar-refractivity contribution in [3.8, 4) is 0 Å². The number of ketones is 2. The highest BCUT2D eigenvalue weighted by atomic mass is 16.3. The molecule has 3 fully saturated rings. The van der Waals surface area contributed by atoms with Crippen molar-refractivity contribution in [2.75, 3.05) is 6.56 Å². The van der Waals surface area contributed by atoms with Gasteiger partial charge in [-0.25, -0.2) is 0 Å². The molecule has 7 unspecified atom stereocenters. The largest absolute Gasteiger partial charge is 0.393 e. The van der Waals surface area contributed by atoms with Gasteiger partial charge in [0, 0.05) is 19.1 Å². The second-order valence-corrected chi connectivity index (χ2v) is 8.42. The number of hydrogen-bond donors (Lipinski definition) is 2. The van der Waals surface area contributed by atoms with Crippen LogP contribution in [0.2, 0.25) is 0 Å². The molecule has 0 amide bonds. The van der Waals surface area contributed by atoms with E-state index >= 15 is 0 Å². The fraction of sp³-hybridized carbons (Fsp3) is 0.810. The van der Waals surface area contributed by atoms with Crippen molar-refractivity contribution in [2.45, 2.75) is 64.8 Å². The summed E-state index contributed by atoms with van der Waals surface area (Å²) in [5, 5.41) is 21.1. The third kappa shape index (κ3) is 2.33. The number of hydrogen-bond acceptors (Lipinski definition) is 4. The molecule has 0 bridgehead atoms. The highest BCUT2D eigenvalue weighted by Crippen LogP contribution is 2.66. The Morgan fingerprint density at radius 2 is 2.20 bits per heavy atom. The van der Waals surface area contributed by atoms with Crippen molar-refractivity contribution < 1.29 is 30.8 Å². The summed E-state index contributed by atoms with van der Waals surface area (Å²) in [6.45, 7) is -0.00389. The van der Waals surface area contributed by atoms with E-state index in [0.29, 0.717) is 6.42 Å². The number of fused-ring (bicyclic) bond motifs is 5. The van der Waals surface area contributed by atoms with E-state index in [-0.39, 0.29) is 31.3 Å². The molecule has 0 aliphatic heterocycles. The third-order valence-electron chi connectivity index (χ3n) is 7.29. The van der Waals surface area contributed by atoms with E-state index in [1.165, 1.54) is 0 Å². The summed E-state index contributed by atoms with van der Waals surface area (Å²) in [4.78, 5) is 25.3. The van der Waals surface area contributed by atoms with Gasteiger partial charge in [0.25, 0.3) is 0 Å². The van der Waals surface area contributed by atoms with Crippen molar-refractivity contribution in [3.05, 3.63) is 11.6 Å². The zero-order valence-corrected chi connectivity index (χ0v) is 14.6. The minimum atomic E-state index is -3.22. The first-order valence-electron chi connectivity index (χ1n) is 13.0. The molecule has 7 atom stereocenters. The molecular weight excluding hydrogens is 316 g/mol. The fourth-order valence-corrected chi connectivity index (χ4v) is 6.20. The second-order valence-electron chi connectivity index (χ2n) is 8.42. The summed E-state index contributed by atoms with van der Waals surface area (Å²) in [5.74, 6) is -6.08. The zero-order valence-electron chi connectivity index (χ0n) is 22.6. The molecule has 0 aromatic carbocycles. The Morgan fingerprint density at radius 1 is 1.44 bits per heavy atom.